The van der Waals surface area contributed by atoms with Gasteiger partial charge >= 0.3 is 0 Å². The van der Waals surface area contributed by atoms with E-state index in [9.17, 15) is 0 Å². The monoisotopic (exact) mass is 290 g/mol. The maximum atomic E-state index is 8.66. The Morgan fingerprint density at radius 3 is 2.76 bits per heavy atom. The van der Waals surface area contributed by atoms with E-state index in [4.69, 9.17) is 10.9 Å². The van der Waals surface area contributed by atoms with Crippen molar-refractivity contribution >= 4 is 5.84 Å². The Kier molecular flexibility index (Phi) is 5.59. The number of oxime groups is 1. The Morgan fingerprint density at radius 2 is 2.14 bits per heavy atom. The summed E-state index contributed by atoms with van der Waals surface area (Å²) in [4.78, 5) is 4.94. The largest absolute Gasteiger partial charge is 0.409 e. The van der Waals surface area contributed by atoms with Crippen molar-refractivity contribution in [1.82, 2.24) is 9.80 Å². The van der Waals surface area contributed by atoms with Crippen LogP contribution in [0.2, 0.25) is 0 Å². The van der Waals surface area contributed by atoms with Gasteiger partial charge in [0.25, 0.3) is 0 Å². The van der Waals surface area contributed by atoms with E-state index in [1.54, 1.807) is 0 Å². The van der Waals surface area contributed by atoms with Gasteiger partial charge < -0.3 is 15.8 Å². The number of nitrogens with two attached hydrogens (primary N) is 1. The highest BCUT2D eigenvalue weighted by Gasteiger charge is 2.23. The maximum absolute atomic E-state index is 8.66. The highest BCUT2D eigenvalue weighted by Crippen LogP contribution is 2.18. The van der Waals surface area contributed by atoms with Crippen LogP contribution in [0.15, 0.2) is 29.4 Å². The van der Waals surface area contributed by atoms with Gasteiger partial charge in [0.05, 0.1) is 0 Å². The number of nitrogens with zero attached hydrogens (tertiary/aromatic N) is 3. The molecule has 0 saturated carbocycles. The molecule has 1 aliphatic rings. The number of hydrogen-bond acceptors (Lipinski definition) is 4. The zero-order chi connectivity index (χ0) is 15.2. The molecule has 1 saturated heterocycles. The summed E-state index contributed by atoms with van der Waals surface area (Å²) in [5.41, 5.74) is 7.56. The summed E-state index contributed by atoms with van der Waals surface area (Å²) in [7, 11) is 2.17. The Balaban J connectivity index is 1.89. The first-order valence-electron chi connectivity index (χ1n) is 7.63. The van der Waals surface area contributed by atoms with Crippen molar-refractivity contribution in [2.24, 2.45) is 10.9 Å². The molecular formula is C16H26N4O. The second kappa shape index (κ2) is 7.43. The molecule has 1 fully saturated rings. The zero-order valence-corrected chi connectivity index (χ0v) is 13.0. The fraction of sp³-hybridized carbons (Fsp3) is 0.562. The Labute approximate surface area is 127 Å². The van der Waals surface area contributed by atoms with Crippen LogP contribution in [0.1, 0.15) is 30.9 Å². The molecule has 0 aromatic heterocycles. The van der Waals surface area contributed by atoms with E-state index in [0.717, 1.165) is 25.2 Å². The molecule has 5 heteroatoms. The average molecular weight is 290 g/mol. The topological polar surface area (TPSA) is 65.1 Å². The number of rotatable bonds is 6. The minimum absolute atomic E-state index is 0.152. The summed E-state index contributed by atoms with van der Waals surface area (Å²) in [6.07, 6.45) is 2.63. The minimum atomic E-state index is 0.152. The molecular weight excluding hydrogens is 264 g/mol. The van der Waals surface area contributed by atoms with Crippen molar-refractivity contribution in [3.8, 4) is 0 Å². The first kappa shape index (κ1) is 15.8. The molecule has 5 nitrogen and oxygen atoms in total. The highest BCUT2D eigenvalue weighted by atomic mass is 16.4. The molecule has 1 unspecified atom stereocenters. The van der Waals surface area contributed by atoms with Crippen LogP contribution >= 0.6 is 0 Å². The van der Waals surface area contributed by atoms with Gasteiger partial charge in [-0.15, -0.1) is 0 Å². The van der Waals surface area contributed by atoms with E-state index in [1.165, 1.54) is 24.9 Å². The summed E-state index contributed by atoms with van der Waals surface area (Å²) in [6.45, 7) is 6.65. The van der Waals surface area contributed by atoms with Gasteiger partial charge in [-0.25, -0.2) is 0 Å². The normalized spacial score (nSPS) is 20.3. The molecule has 3 N–H and O–H groups in total. The third kappa shape index (κ3) is 4.19. The SMILES string of the molecule is CCN1CCCC1CN(C)Cc1ccc(C(N)=NO)cc1. The lowest BCUT2D eigenvalue weighted by molar-refractivity contribution is 0.195. The fourth-order valence-electron chi connectivity index (χ4n) is 3.09. The summed E-state index contributed by atoms with van der Waals surface area (Å²) < 4.78 is 0. The second-order valence-electron chi connectivity index (χ2n) is 5.80. The second-order valence-corrected chi connectivity index (χ2v) is 5.80. The van der Waals surface area contributed by atoms with Gasteiger partial charge in [-0.1, -0.05) is 36.3 Å². The molecule has 0 aliphatic carbocycles. The lowest BCUT2D eigenvalue weighted by Crippen LogP contribution is -2.38. The zero-order valence-electron chi connectivity index (χ0n) is 13.0. The van der Waals surface area contributed by atoms with E-state index in [2.05, 4.69) is 28.9 Å². The summed E-state index contributed by atoms with van der Waals surface area (Å²) in [6, 6.07) is 8.56. The molecule has 1 heterocycles. The molecule has 116 valence electrons. The predicted molar refractivity (Wildman–Crippen MR) is 85.6 cm³/mol. The number of benzene rings is 1. The van der Waals surface area contributed by atoms with Crippen LogP contribution in [0.5, 0.6) is 0 Å². The lowest BCUT2D eigenvalue weighted by atomic mass is 10.1. The van der Waals surface area contributed by atoms with Crippen molar-refractivity contribution in [2.45, 2.75) is 32.4 Å². The van der Waals surface area contributed by atoms with E-state index in [0.29, 0.717) is 6.04 Å². The molecule has 1 aliphatic heterocycles. The molecule has 0 amide bonds. The van der Waals surface area contributed by atoms with Gasteiger partial charge in [0.2, 0.25) is 0 Å². The third-order valence-electron chi connectivity index (χ3n) is 4.24. The maximum Gasteiger partial charge on any atom is 0.170 e. The summed E-state index contributed by atoms with van der Waals surface area (Å²) in [5, 5.41) is 11.7. The van der Waals surface area contributed by atoms with Crippen molar-refractivity contribution in [3.05, 3.63) is 35.4 Å². The minimum Gasteiger partial charge on any atom is -0.409 e. The van der Waals surface area contributed by atoms with Crippen LogP contribution in [-0.2, 0) is 6.54 Å². The van der Waals surface area contributed by atoms with Crippen LogP contribution in [0, 0.1) is 0 Å². The van der Waals surface area contributed by atoms with Crippen molar-refractivity contribution < 1.29 is 5.21 Å². The summed E-state index contributed by atoms with van der Waals surface area (Å²) >= 11 is 0. The first-order valence-corrected chi connectivity index (χ1v) is 7.63. The van der Waals surface area contributed by atoms with Crippen molar-refractivity contribution in [1.29, 1.82) is 0 Å². The Morgan fingerprint density at radius 1 is 1.43 bits per heavy atom. The Bertz CT molecular complexity index is 472. The van der Waals surface area contributed by atoms with Crippen LogP contribution in [0.4, 0.5) is 0 Å². The van der Waals surface area contributed by atoms with Gasteiger partial charge in [-0.05, 0) is 38.5 Å². The molecule has 1 aromatic carbocycles. The number of amidine groups is 1. The van der Waals surface area contributed by atoms with Gasteiger partial charge in [0.15, 0.2) is 5.84 Å². The van der Waals surface area contributed by atoms with Crippen LogP contribution in [0.25, 0.3) is 0 Å². The smallest absolute Gasteiger partial charge is 0.170 e. The van der Waals surface area contributed by atoms with Crippen molar-refractivity contribution in [2.75, 3.05) is 26.7 Å². The first-order chi connectivity index (χ1) is 10.1. The molecule has 1 aromatic rings. The lowest BCUT2D eigenvalue weighted by Gasteiger charge is -2.27. The van der Waals surface area contributed by atoms with E-state index in [-0.39, 0.29) is 5.84 Å². The fourth-order valence-corrected chi connectivity index (χ4v) is 3.09. The quantitative estimate of drug-likeness (QED) is 0.362. The number of likely N-dealkylation sites (N-methyl/N-ethyl adjacent to an activating group) is 2. The van der Waals surface area contributed by atoms with Crippen LogP contribution < -0.4 is 5.73 Å². The highest BCUT2D eigenvalue weighted by molar-refractivity contribution is 5.96. The Hall–Kier alpha value is -1.59. The molecule has 21 heavy (non-hydrogen) atoms. The van der Waals surface area contributed by atoms with Crippen LogP contribution in [0.3, 0.4) is 0 Å². The number of hydrogen-bond donors (Lipinski definition) is 2. The van der Waals surface area contributed by atoms with Gasteiger partial charge in [0, 0.05) is 24.7 Å². The molecule has 0 spiro atoms. The standard InChI is InChI=1S/C16H26N4O/c1-3-20-10-4-5-15(20)12-19(2)11-13-6-8-14(9-7-13)16(17)18-21/h6-9,15,21H,3-5,10-12H2,1-2H3,(H2,17,18). The molecule has 2 rings (SSSR count). The predicted octanol–water partition coefficient (Wildman–Crippen LogP) is 1.70. The third-order valence-corrected chi connectivity index (χ3v) is 4.24. The molecule has 1 atom stereocenters. The summed E-state index contributed by atoms with van der Waals surface area (Å²) in [5.74, 6) is 0.152. The van der Waals surface area contributed by atoms with E-state index >= 15 is 0 Å². The van der Waals surface area contributed by atoms with Gasteiger partial charge in [-0.2, -0.15) is 0 Å². The average Bonchev–Trinajstić information content (AvgIpc) is 2.94. The van der Waals surface area contributed by atoms with Gasteiger partial charge in [-0.3, -0.25) is 4.90 Å². The van der Waals surface area contributed by atoms with E-state index < -0.39 is 0 Å². The van der Waals surface area contributed by atoms with E-state index in [1.807, 2.05) is 24.3 Å². The number of likely N-dealkylation sites (tertiary alicyclic amines) is 1. The van der Waals surface area contributed by atoms with Crippen molar-refractivity contribution in [3.63, 3.8) is 0 Å². The molecule has 0 bridgehead atoms. The van der Waals surface area contributed by atoms with Gasteiger partial charge in [0.1, 0.15) is 0 Å². The molecule has 0 radical (unpaired) electrons. The van der Waals surface area contributed by atoms with Crippen LogP contribution in [-0.4, -0.2) is 53.6 Å².